The van der Waals surface area contributed by atoms with E-state index in [1.807, 2.05) is 11.8 Å². The van der Waals surface area contributed by atoms with Crippen LogP contribution in [0.2, 0.25) is 0 Å². The predicted octanol–water partition coefficient (Wildman–Crippen LogP) is 2.08. The standard InChI is InChI=1S/C17H25NO3/c1-2-21-17(20)12-4-3-7-18(9-12)16(19)15-13-10-5-6-11(8-10)14(13)15/h10-15H,2-9H2,1H3. The van der Waals surface area contributed by atoms with Crippen LogP contribution >= 0.6 is 0 Å². The molecule has 21 heavy (non-hydrogen) atoms. The van der Waals surface area contributed by atoms with Crippen LogP contribution in [-0.2, 0) is 14.3 Å². The predicted molar refractivity (Wildman–Crippen MR) is 77.2 cm³/mol. The van der Waals surface area contributed by atoms with Crippen molar-refractivity contribution in [1.82, 2.24) is 4.90 Å². The van der Waals surface area contributed by atoms with Crippen molar-refractivity contribution in [3.05, 3.63) is 0 Å². The van der Waals surface area contributed by atoms with Gasteiger partial charge in [0.15, 0.2) is 0 Å². The summed E-state index contributed by atoms with van der Waals surface area (Å²) in [5.74, 6) is 3.48. The van der Waals surface area contributed by atoms with Crippen molar-refractivity contribution in [2.75, 3.05) is 19.7 Å². The summed E-state index contributed by atoms with van der Waals surface area (Å²) in [5.41, 5.74) is 0. The lowest BCUT2D eigenvalue weighted by Gasteiger charge is -2.32. The summed E-state index contributed by atoms with van der Waals surface area (Å²) in [7, 11) is 0. The van der Waals surface area contributed by atoms with E-state index in [0.29, 0.717) is 36.8 Å². The fourth-order valence-electron chi connectivity index (χ4n) is 5.50. The lowest BCUT2D eigenvalue weighted by molar-refractivity contribution is -0.151. The van der Waals surface area contributed by atoms with Crippen molar-refractivity contribution >= 4 is 11.9 Å². The van der Waals surface area contributed by atoms with Crippen LogP contribution in [0.5, 0.6) is 0 Å². The van der Waals surface area contributed by atoms with E-state index in [-0.39, 0.29) is 11.9 Å². The summed E-state index contributed by atoms with van der Waals surface area (Å²) in [5, 5.41) is 0. The molecule has 1 amide bonds. The topological polar surface area (TPSA) is 46.6 Å². The van der Waals surface area contributed by atoms with E-state index in [0.717, 1.165) is 31.2 Å². The number of hydrogen-bond donors (Lipinski definition) is 0. The highest BCUT2D eigenvalue weighted by atomic mass is 16.5. The van der Waals surface area contributed by atoms with Gasteiger partial charge in [0.05, 0.1) is 12.5 Å². The number of rotatable bonds is 3. The van der Waals surface area contributed by atoms with Gasteiger partial charge < -0.3 is 9.64 Å². The third-order valence-electron chi connectivity index (χ3n) is 6.37. The zero-order valence-electron chi connectivity index (χ0n) is 12.8. The first-order valence-corrected chi connectivity index (χ1v) is 8.66. The Morgan fingerprint density at radius 1 is 1.14 bits per heavy atom. The maximum Gasteiger partial charge on any atom is 0.310 e. The number of piperidine rings is 1. The molecule has 3 saturated carbocycles. The number of ether oxygens (including phenoxy) is 1. The molecule has 4 heteroatoms. The van der Waals surface area contributed by atoms with Crippen LogP contribution in [0, 0.1) is 35.5 Å². The lowest BCUT2D eigenvalue weighted by Crippen LogP contribution is -2.44. The van der Waals surface area contributed by atoms with Crippen molar-refractivity contribution in [1.29, 1.82) is 0 Å². The monoisotopic (exact) mass is 291 g/mol. The van der Waals surface area contributed by atoms with Crippen molar-refractivity contribution in [3.63, 3.8) is 0 Å². The molecule has 4 fully saturated rings. The summed E-state index contributed by atoms with van der Waals surface area (Å²) >= 11 is 0. The van der Waals surface area contributed by atoms with Gasteiger partial charge in [0.1, 0.15) is 0 Å². The number of carbonyl (C=O) groups excluding carboxylic acids is 2. The Morgan fingerprint density at radius 3 is 2.52 bits per heavy atom. The highest BCUT2D eigenvalue weighted by molar-refractivity contribution is 5.84. The molecule has 5 unspecified atom stereocenters. The lowest BCUT2D eigenvalue weighted by atomic mass is 9.96. The fourth-order valence-corrected chi connectivity index (χ4v) is 5.50. The van der Waals surface area contributed by atoms with Crippen LogP contribution in [0.15, 0.2) is 0 Å². The van der Waals surface area contributed by atoms with E-state index in [2.05, 4.69) is 0 Å². The summed E-state index contributed by atoms with van der Waals surface area (Å²) in [4.78, 5) is 26.7. The number of amides is 1. The van der Waals surface area contributed by atoms with Gasteiger partial charge in [-0.25, -0.2) is 0 Å². The van der Waals surface area contributed by atoms with Crippen LogP contribution in [0.3, 0.4) is 0 Å². The Hall–Kier alpha value is -1.06. The van der Waals surface area contributed by atoms with Crippen molar-refractivity contribution in [2.24, 2.45) is 35.5 Å². The maximum absolute atomic E-state index is 12.8. The van der Waals surface area contributed by atoms with Gasteiger partial charge in [0.2, 0.25) is 5.91 Å². The van der Waals surface area contributed by atoms with Gasteiger partial charge in [-0.3, -0.25) is 9.59 Å². The van der Waals surface area contributed by atoms with E-state index in [1.54, 1.807) is 0 Å². The largest absolute Gasteiger partial charge is 0.466 e. The van der Waals surface area contributed by atoms with Crippen LogP contribution in [0.4, 0.5) is 0 Å². The minimum atomic E-state index is -0.119. The molecule has 1 saturated heterocycles. The highest BCUT2D eigenvalue weighted by Gasteiger charge is 2.68. The minimum Gasteiger partial charge on any atom is -0.466 e. The fraction of sp³-hybridized carbons (Fsp3) is 0.882. The molecule has 0 radical (unpaired) electrons. The second-order valence-electron chi connectivity index (χ2n) is 7.39. The second-order valence-corrected chi connectivity index (χ2v) is 7.39. The molecule has 0 aromatic heterocycles. The SMILES string of the molecule is CCOC(=O)C1CCCN(C(=O)C2C3C4CCC(C4)C23)C1. The van der Waals surface area contributed by atoms with E-state index >= 15 is 0 Å². The molecule has 3 aliphatic carbocycles. The van der Waals surface area contributed by atoms with E-state index in [9.17, 15) is 9.59 Å². The molecule has 116 valence electrons. The summed E-state index contributed by atoms with van der Waals surface area (Å²) in [6.07, 6.45) is 5.88. The van der Waals surface area contributed by atoms with E-state index in [4.69, 9.17) is 4.74 Å². The van der Waals surface area contributed by atoms with Crippen LogP contribution in [0.25, 0.3) is 0 Å². The zero-order chi connectivity index (χ0) is 14.6. The average Bonchev–Trinajstić information content (AvgIpc) is 2.94. The summed E-state index contributed by atoms with van der Waals surface area (Å²) in [6.45, 7) is 3.69. The highest BCUT2D eigenvalue weighted by Crippen LogP contribution is 2.69. The minimum absolute atomic E-state index is 0.0991. The Balaban J connectivity index is 1.38. The Labute approximate surface area is 126 Å². The molecular formula is C17H25NO3. The number of carbonyl (C=O) groups is 2. The first kappa shape index (κ1) is 13.6. The van der Waals surface area contributed by atoms with Crippen molar-refractivity contribution in [2.45, 2.75) is 39.0 Å². The molecule has 0 spiro atoms. The average molecular weight is 291 g/mol. The quantitative estimate of drug-likeness (QED) is 0.748. The van der Waals surface area contributed by atoms with Gasteiger partial charge in [-0.15, -0.1) is 0 Å². The van der Waals surface area contributed by atoms with Crippen LogP contribution in [-0.4, -0.2) is 36.5 Å². The zero-order valence-corrected chi connectivity index (χ0v) is 12.8. The van der Waals surface area contributed by atoms with Crippen molar-refractivity contribution < 1.29 is 14.3 Å². The van der Waals surface area contributed by atoms with Gasteiger partial charge in [-0.1, -0.05) is 0 Å². The molecule has 4 nitrogen and oxygen atoms in total. The molecule has 1 aliphatic heterocycles. The molecule has 0 aromatic rings. The van der Waals surface area contributed by atoms with Gasteiger partial charge in [-0.05, 0) is 62.7 Å². The van der Waals surface area contributed by atoms with Crippen LogP contribution < -0.4 is 0 Å². The first-order chi connectivity index (χ1) is 10.2. The normalized spacial score (nSPS) is 43.6. The third-order valence-corrected chi connectivity index (χ3v) is 6.37. The Kier molecular flexibility index (Phi) is 3.23. The molecule has 0 N–H and O–H groups in total. The van der Waals surface area contributed by atoms with Crippen molar-refractivity contribution in [3.8, 4) is 0 Å². The molecule has 1 heterocycles. The molecule has 5 atom stereocenters. The maximum atomic E-state index is 12.8. The van der Waals surface area contributed by atoms with E-state index in [1.165, 1.54) is 19.3 Å². The number of hydrogen-bond acceptors (Lipinski definition) is 3. The van der Waals surface area contributed by atoms with Gasteiger partial charge in [0, 0.05) is 19.0 Å². The van der Waals surface area contributed by atoms with Crippen LogP contribution in [0.1, 0.15) is 39.0 Å². The smallest absolute Gasteiger partial charge is 0.310 e. The molecule has 4 rings (SSSR count). The molecular weight excluding hydrogens is 266 g/mol. The van der Waals surface area contributed by atoms with Gasteiger partial charge >= 0.3 is 5.97 Å². The number of nitrogens with zero attached hydrogens (tertiary/aromatic N) is 1. The summed E-state index contributed by atoms with van der Waals surface area (Å²) < 4.78 is 5.13. The molecule has 2 bridgehead atoms. The van der Waals surface area contributed by atoms with E-state index < -0.39 is 0 Å². The Morgan fingerprint density at radius 2 is 1.86 bits per heavy atom. The Bertz CT molecular complexity index is 447. The summed E-state index contributed by atoms with van der Waals surface area (Å²) in [6, 6.07) is 0. The molecule has 4 aliphatic rings. The number of fused-ring (bicyclic) bond motifs is 5. The van der Waals surface area contributed by atoms with Gasteiger partial charge in [0.25, 0.3) is 0 Å². The number of likely N-dealkylation sites (tertiary alicyclic amines) is 1. The third kappa shape index (κ3) is 2.09. The first-order valence-electron chi connectivity index (χ1n) is 8.66. The molecule has 0 aromatic carbocycles. The second kappa shape index (κ2) is 4.99. The number of esters is 1. The van der Waals surface area contributed by atoms with Gasteiger partial charge in [-0.2, -0.15) is 0 Å².